The van der Waals surface area contributed by atoms with Gasteiger partial charge in [0.2, 0.25) is 0 Å². The van der Waals surface area contributed by atoms with Crippen molar-refractivity contribution >= 4 is 0 Å². The average molecular weight is 304 g/mol. The Hall–Kier alpha value is -2.58. The van der Waals surface area contributed by atoms with Gasteiger partial charge in [0.1, 0.15) is 5.75 Å². The number of hydrogen-bond donors (Lipinski definition) is 1. The van der Waals surface area contributed by atoms with Crippen LogP contribution < -0.4 is 4.74 Å². The first kappa shape index (κ1) is 15.3. The summed E-state index contributed by atoms with van der Waals surface area (Å²) in [6, 6.07) is 27.8. The molecule has 3 rings (SSSR count). The molecule has 23 heavy (non-hydrogen) atoms. The van der Waals surface area contributed by atoms with Crippen LogP contribution in [0.2, 0.25) is 0 Å². The number of methoxy groups -OCH3 is 1. The zero-order valence-electron chi connectivity index (χ0n) is 13.1. The molecule has 116 valence electrons. The Morgan fingerprint density at radius 2 is 1.17 bits per heavy atom. The maximum Gasteiger partial charge on any atom is 0.124 e. The summed E-state index contributed by atoms with van der Waals surface area (Å²) in [7, 11) is 1.63. The summed E-state index contributed by atoms with van der Waals surface area (Å²) in [5.41, 5.74) is 2.96. The Balaban J connectivity index is 2.08. The van der Waals surface area contributed by atoms with Gasteiger partial charge in [-0.3, -0.25) is 0 Å². The molecule has 0 aliphatic carbocycles. The summed E-state index contributed by atoms with van der Waals surface area (Å²) >= 11 is 0. The molecule has 0 unspecified atom stereocenters. The summed E-state index contributed by atoms with van der Waals surface area (Å²) in [5.74, 6) is 0.561. The van der Waals surface area contributed by atoms with Crippen molar-refractivity contribution in [1.82, 2.24) is 0 Å². The average Bonchev–Trinajstić information content (AvgIpc) is 2.63. The lowest BCUT2D eigenvalue weighted by Crippen LogP contribution is -2.13. The molecule has 3 aromatic carbocycles. The van der Waals surface area contributed by atoms with Crippen molar-refractivity contribution in [1.29, 1.82) is 0 Å². The van der Waals surface area contributed by atoms with Crippen LogP contribution in [0.25, 0.3) is 0 Å². The van der Waals surface area contributed by atoms with Crippen LogP contribution in [0.5, 0.6) is 5.75 Å². The lowest BCUT2D eigenvalue weighted by Gasteiger charge is -2.25. The number of aliphatic hydroxyl groups excluding tert-OH is 1. The van der Waals surface area contributed by atoms with E-state index < -0.39 is 6.10 Å². The molecule has 0 saturated heterocycles. The van der Waals surface area contributed by atoms with E-state index in [0.717, 1.165) is 16.7 Å². The van der Waals surface area contributed by atoms with Crippen LogP contribution in [-0.4, -0.2) is 12.2 Å². The van der Waals surface area contributed by atoms with Crippen molar-refractivity contribution in [3.63, 3.8) is 0 Å². The maximum absolute atomic E-state index is 11.1. The summed E-state index contributed by atoms with van der Waals surface area (Å²) in [6.45, 7) is 0. The van der Waals surface area contributed by atoms with Crippen LogP contribution in [0.4, 0.5) is 0 Å². The topological polar surface area (TPSA) is 29.5 Å². The van der Waals surface area contributed by atoms with Gasteiger partial charge in [-0.1, -0.05) is 78.9 Å². The summed E-state index contributed by atoms with van der Waals surface area (Å²) < 4.78 is 5.43. The molecule has 0 amide bonds. The summed E-state index contributed by atoms with van der Waals surface area (Å²) in [6.07, 6.45) is -0.684. The molecule has 0 aromatic heterocycles. The van der Waals surface area contributed by atoms with Crippen molar-refractivity contribution in [2.45, 2.75) is 12.0 Å². The molecule has 1 N–H and O–H groups in total. The molecule has 1 atom stereocenters. The SMILES string of the molecule is COc1ccccc1[C@H](O)C(c1ccccc1)c1ccccc1. The Morgan fingerprint density at radius 1 is 0.696 bits per heavy atom. The molecule has 0 heterocycles. The van der Waals surface area contributed by atoms with Crippen LogP contribution in [0.3, 0.4) is 0 Å². The third-order valence-corrected chi connectivity index (χ3v) is 4.09. The normalized spacial score (nSPS) is 12.1. The number of aliphatic hydroxyl groups is 1. The maximum atomic E-state index is 11.1. The summed E-state index contributed by atoms with van der Waals surface area (Å²) in [4.78, 5) is 0. The van der Waals surface area contributed by atoms with Crippen LogP contribution in [-0.2, 0) is 0 Å². The van der Waals surface area contributed by atoms with Crippen molar-refractivity contribution in [2.75, 3.05) is 7.11 Å². The highest BCUT2D eigenvalue weighted by Gasteiger charge is 2.26. The highest BCUT2D eigenvalue weighted by molar-refractivity contribution is 5.42. The fraction of sp³-hybridized carbons (Fsp3) is 0.143. The number of ether oxygens (including phenoxy) is 1. The first-order chi connectivity index (χ1) is 11.3. The van der Waals surface area contributed by atoms with Crippen LogP contribution in [0, 0.1) is 0 Å². The van der Waals surface area contributed by atoms with Gasteiger partial charge in [0, 0.05) is 11.5 Å². The standard InChI is InChI=1S/C21H20O2/c1-23-19-15-9-8-14-18(19)21(22)20(16-10-4-2-5-11-16)17-12-6-3-7-13-17/h2-15,20-22H,1H3/t21-/m0/s1. The number of rotatable bonds is 5. The van der Waals surface area contributed by atoms with Crippen molar-refractivity contribution < 1.29 is 9.84 Å². The van der Waals surface area contributed by atoms with Crippen LogP contribution in [0.15, 0.2) is 84.9 Å². The predicted molar refractivity (Wildman–Crippen MR) is 92.7 cm³/mol. The molecule has 0 aliphatic heterocycles. The monoisotopic (exact) mass is 304 g/mol. The molecule has 2 heteroatoms. The summed E-state index contributed by atoms with van der Waals surface area (Å²) in [5, 5.41) is 11.1. The minimum absolute atomic E-state index is 0.145. The number of hydrogen-bond acceptors (Lipinski definition) is 2. The fourth-order valence-corrected chi connectivity index (χ4v) is 2.97. The molecule has 0 saturated carbocycles. The zero-order valence-corrected chi connectivity index (χ0v) is 13.1. The van der Waals surface area contributed by atoms with E-state index in [2.05, 4.69) is 24.3 Å². The van der Waals surface area contributed by atoms with E-state index in [4.69, 9.17) is 4.74 Å². The third-order valence-electron chi connectivity index (χ3n) is 4.09. The number of benzene rings is 3. The third kappa shape index (κ3) is 3.27. The van der Waals surface area contributed by atoms with Crippen molar-refractivity contribution in [2.24, 2.45) is 0 Å². The van der Waals surface area contributed by atoms with E-state index in [-0.39, 0.29) is 5.92 Å². The van der Waals surface area contributed by atoms with E-state index in [1.54, 1.807) is 7.11 Å². The van der Waals surface area contributed by atoms with E-state index in [0.29, 0.717) is 5.75 Å². The molecular weight excluding hydrogens is 284 g/mol. The molecule has 3 aromatic rings. The first-order valence-corrected chi connectivity index (χ1v) is 7.72. The second-order valence-corrected chi connectivity index (χ2v) is 5.49. The van der Waals surface area contributed by atoms with Crippen LogP contribution >= 0.6 is 0 Å². The van der Waals surface area contributed by atoms with Crippen LogP contribution in [0.1, 0.15) is 28.7 Å². The molecule has 0 spiro atoms. The van der Waals surface area contributed by atoms with E-state index in [1.165, 1.54) is 0 Å². The van der Waals surface area contributed by atoms with Gasteiger partial charge < -0.3 is 9.84 Å². The van der Waals surface area contributed by atoms with E-state index in [9.17, 15) is 5.11 Å². The predicted octanol–water partition coefficient (Wildman–Crippen LogP) is 4.56. The van der Waals surface area contributed by atoms with Gasteiger partial charge in [-0.15, -0.1) is 0 Å². The first-order valence-electron chi connectivity index (χ1n) is 7.72. The molecule has 0 aliphatic rings. The zero-order chi connectivity index (χ0) is 16.1. The minimum atomic E-state index is -0.684. The van der Waals surface area contributed by atoms with Gasteiger partial charge >= 0.3 is 0 Å². The highest BCUT2D eigenvalue weighted by atomic mass is 16.5. The van der Waals surface area contributed by atoms with Crippen molar-refractivity contribution in [3.05, 3.63) is 102 Å². The second kappa shape index (κ2) is 7.12. The van der Waals surface area contributed by atoms with Gasteiger partial charge in [0.05, 0.1) is 13.2 Å². The Labute approximate surface area is 137 Å². The lowest BCUT2D eigenvalue weighted by atomic mass is 9.83. The Bertz CT molecular complexity index is 699. The van der Waals surface area contributed by atoms with E-state index >= 15 is 0 Å². The van der Waals surface area contributed by atoms with Gasteiger partial charge in [-0.25, -0.2) is 0 Å². The Kier molecular flexibility index (Phi) is 4.74. The highest BCUT2D eigenvalue weighted by Crippen LogP contribution is 2.39. The van der Waals surface area contributed by atoms with Crippen molar-refractivity contribution in [3.8, 4) is 5.75 Å². The molecule has 2 nitrogen and oxygen atoms in total. The quantitative estimate of drug-likeness (QED) is 0.748. The Morgan fingerprint density at radius 3 is 1.70 bits per heavy atom. The van der Waals surface area contributed by atoms with E-state index in [1.807, 2.05) is 60.7 Å². The fourth-order valence-electron chi connectivity index (χ4n) is 2.97. The lowest BCUT2D eigenvalue weighted by molar-refractivity contribution is 0.155. The smallest absolute Gasteiger partial charge is 0.124 e. The second-order valence-electron chi connectivity index (χ2n) is 5.49. The molecular formula is C21H20O2. The van der Waals surface area contributed by atoms with Gasteiger partial charge in [-0.05, 0) is 17.2 Å². The van der Waals surface area contributed by atoms with Gasteiger partial charge in [-0.2, -0.15) is 0 Å². The largest absolute Gasteiger partial charge is 0.496 e. The molecule has 0 bridgehead atoms. The molecule has 0 radical (unpaired) electrons. The van der Waals surface area contributed by atoms with Gasteiger partial charge in [0.15, 0.2) is 0 Å². The molecule has 0 fully saturated rings. The number of para-hydroxylation sites is 1. The van der Waals surface area contributed by atoms with Gasteiger partial charge in [0.25, 0.3) is 0 Å². The minimum Gasteiger partial charge on any atom is -0.496 e.